The van der Waals surface area contributed by atoms with Crippen LogP contribution in [0.2, 0.25) is 0 Å². The van der Waals surface area contributed by atoms with Crippen LogP contribution in [-0.4, -0.2) is 35.4 Å². The number of aromatic amines is 1. The van der Waals surface area contributed by atoms with Crippen LogP contribution in [0.1, 0.15) is 39.1 Å². The van der Waals surface area contributed by atoms with Gasteiger partial charge in [0.05, 0.1) is 29.2 Å². The average molecular weight is 392 g/mol. The molecule has 0 amide bonds. The molecule has 1 aliphatic rings. The summed E-state index contributed by atoms with van der Waals surface area (Å²) in [5, 5.41) is 0.518. The highest BCUT2D eigenvalue weighted by Gasteiger charge is 2.51. The lowest BCUT2D eigenvalue weighted by Crippen LogP contribution is -2.41. The predicted octanol–water partition coefficient (Wildman–Crippen LogP) is 2.82. The molecule has 0 unspecified atom stereocenters. The highest BCUT2D eigenvalue weighted by molar-refractivity contribution is 6.62. The number of aromatic nitrogens is 2. The van der Waals surface area contributed by atoms with Crippen molar-refractivity contribution in [1.82, 2.24) is 9.97 Å². The van der Waals surface area contributed by atoms with E-state index in [4.69, 9.17) is 14.0 Å². The van der Waals surface area contributed by atoms with Crippen molar-refractivity contribution in [2.24, 2.45) is 0 Å². The lowest BCUT2D eigenvalue weighted by atomic mass is 9.79. The summed E-state index contributed by atoms with van der Waals surface area (Å²) in [6.07, 6.45) is 0.529. The molecule has 0 saturated carbocycles. The van der Waals surface area contributed by atoms with E-state index in [1.165, 1.54) is 0 Å². The number of methoxy groups -OCH3 is 1. The molecule has 29 heavy (non-hydrogen) atoms. The Balaban J connectivity index is 1.54. The summed E-state index contributed by atoms with van der Waals surface area (Å²) in [5.74, 6) is 1.26. The molecule has 1 aromatic heterocycles. The number of hydrogen-bond acceptors (Lipinski definition) is 5. The minimum atomic E-state index is -0.386. The smallest absolute Gasteiger partial charge is 0.494 e. The Morgan fingerprint density at radius 3 is 2.31 bits per heavy atom. The first-order chi connectivity index (χ1) is 13.7. The van der Waals surface area contributed by atoms with Crippen molar-refractivity contribution < 1.29 is 14.0 Å². The van der Waals surface area contributed by atoms with E-state index in [1.807, 2.05) is 52.0 Å². The largest absolute Gasteiger partial charge is 0.497 e. The van der Waals surface area contributed by atoms with Crippen molar-refractivity contribution >= 4 is 23.5 Å². The van der Waals surface area contributed by atoms with E-state index in [2.05, 4.69) is 9.97 Å². The Hall–Kier alpha value is -2.64. The maximum absolute atomic E-state index is 12.4. The van der Waals surface area contributed by atoms with Crippen LogP contribution in [0.25, 0.3) is 10.9 Å². The van der Waals surface area contributed by atoms with Crippen molar-refractivity contribution in [3.63, 3.8) is 0 Å². The summed E-state index contributed by atoms with van der Waals surface area (Å²) in [5.41, 5.74) is 1.76. The van der Waals surface area contributed by atoms with Crippen LogP contribution in [0, 0.1) is 0 Å². The Morgan fingerprint density at radius 1 is 1.03 bits per heavy atom. The van der Waals surface area contributed by atoms with Gasteiger partial charge in [-0.2, -0.15) is 0 Å². The number of rotatable bonds is 4. The second kappa shape index (κ2) is 7.00. The molecule has 1 fully saturated rings. The van der Waals surface area contributed by atoms with Gasteiger partial charge < -0.3 is 19.0 Å². The molecule has 0 bridgehead atoms. The summed E-state index contributed by atoms with van der Waals surface area (Å²) < 4.78 is 17.4. The number of benzene rings is 2. The second-order valence-corrected chi connectivity index (χ2v) is 8.40. The Morgan fingerprint density at radius 2 is 1.69 bits per heavy atom. The van der Waals surface area contributed by atoms with E-state index in [0.29, 0.717) is 28.9 Å². The average Bonchev–Trinajstić information content (AvgIpc) is 2.89. The first kappa shape index (κ1) is 19.7. The highest BCUT2D eigenvalue weighted by atomic mass is 16.7. The van der Waals surface area contributed by atoms with Crippen LogP contribution < -0.4 is 15.8 Å². The third-order valence-electron chi connectivity index (χ3n) is 5.84. The minimum absolute atomic E-state index is 0.169. The molecular weight excluding hydrogens is 367 g/mol. The molecule has 4 rings (SSSR count). The topological polar surface area (TPSA) is 73.4 Å². The molecule has 0 spiro atoms. The van der Waals surface area contributed by atoms with E-state index < -0.39 is 0 Å². The molecule has 1 aliphatic heterocycles. The normalized spacial score (nSPS) is 17.6. The van der Waals surface area contributed by atoms with Gasteiger partial charge in [0.15, 0.2) is 0 Å². The summed E-state index contributed by atoms with van der Waals surface area (Å²) in [7, 11) is 1.19. The van der Waals surface area contributed by atoms with Crippen LogP contribution >= 0.6 is 0 Å². The van der Waals surface area contributed by atoms with Crippen molar-refractivity contribution in [3.8, 4) is 5.75 Å². The molecule has 1 saturated heterocycles. The second-order valence-electron chi connectivity index (χ2n) is 8.40. The SMILES string of the molecule is COc1ccc2nc(Cc3ccc(B4OC(C)(C)C(C)(C)O4)cc3)[nH]c(=O)c2c1. The molecule has 0 radical (unpaired) electrons. The number of fused-ring (bicyclic) bond motifs is 1. The van der Waals surface area contributed by atoms with Crippen molar-refractivity contribution in [2.75, 3.05) is 7.11 Å². The van der Waals surface area contributed by atoms with Crippen molar-refractivity contribution in [3.05, 3.63) is 64.2 Å². The molecule has 6 nitrogen and oxygen atoms in total. The zero-order valence-corrected chi connectivity index (χ0v) is 17.4. The first-order valence-corrected chi connectivity index (χ1v) is 9.70. The van der Waals surface area contributed by atoms with Gasteiger partial charge >= 0.3 is 7.12 Å². The number of H-pyrrole nitrogens is 1. The van der Waals surface area contributed by atoms with Crippen LogP contribution in [0.3, 0.4) is 0 Å². The maximum atomic E-state index is 12.4. The van der Waals surface area contributed by atoms with E-state index in [1.54, 1.807) is 25.3 Å². The van der Waals surface area contributed by atoms with Gasteiger partial charge in [-0.1, -0.05) is 24.3 Å². The standard InChI is InChI=1S/C22H25BN2O4/c1-21(2)22(3,4)29-23(28-21)15-8-6-14(7-9-15)12-19-24-18-11-10-16(27-5)13-17(18)20(26)25-19/h6-11,13H,12H2,1-5H3,(H,24,25,26). The summed E-state index contributed by atoms with van der Waals surface area (Å²) >= 11 is 0. The molecule has 2 aromatic carbocycles. The molecule has 7 heteroatoms. The fourth-order valence-corrected chi connectivity index (χ4v) is 3.34. The predicted molar refractivity (Wildman–Crippen MR) is 114 cm³/mol. The van der Waals surface area contributed by atoms with Crippen LogP contribution in [0.15, 0.2) is 47.3 Å². The number of ether oxygens (including phenoxy) is 1. The Kier molecular flexibility index (Phi) is 4.75. The van der Waals surface area contributed by atoms with Gasteiger partial charge in [-0.15, -0.1) is 0 Å². The molecule has 1 N–H and O–H groups in total. The van der Waals surface area contributed by atoms with Gasteiger partial charge in [0.1, 0.15) is 11.6 Å². The lowest BCUT2D eigenvalue weighted by Gasteiger charge is -2.32. The molecule has 150 valence electrons. The van der Waals surface area contributed by atoms with Crippen LogP contribution in [0.5, 0.6) is 5.75 Å². The van der Waals surface area contributed by atoms with Crippen LogP contribution in [-0.2, 0) is 15.7 Å². The van der Waals surface area contributed by atoms with E-state index in [9.17, 15) is 4.79 Å². The maximum Gasteiger partial charge on any atom is 0.494 e. The Bertz CT molecular complexity index is 1090. The quantitative estimate of drug-likeness (QED) is 0.692. The molecule has 0 atom stereocenters. The van der Waals surface area contributed by atoms with Gasteiger partial charge in [0.2, 0.25) is 0 Å². The van der Waals surface area contributed by atoms with Gasteiger partial charge in [-0.05, 0) is 56.9 Å². The Labute approximate surface area is 170 Å². The monoisotopic (exact) mass is 392 g/mol. The first-order valence-electron chi connectivity index (χ1n) is 9.70. The third kappa shape index (κ3) is 3.68. The summed E-state index contributed by atoms with van der Waals surface area (Å²) in [4.78, 5) is 19.9. The van der Waals surface area contributed by atoms with Crippen molar-refractivity contribution in [2.45, 2.75) is 45.3 Å². The van der Waals surface area contributed by atoms with E-state index in [0.717, 1.165) is 11.0 Å². The summed E-state index contributed by atoms with van der Waals surface area (Å²) in [6.45, 7) is 8.16. The molecule has 3 aromatic rings. The third-order valence-corrected chi connectivity index (χ3v) is 5.84. The minimum Gasteiger partial charge on any atom is -0.497 e. The van der Waals surface area contributed by atoms with Gasteiger partial charge in [-0.3, -0.25) is 4.79 Å². The fraction of sp³-hybridized carbons (Fsp3) is 0.364. The number of nitrogens with one attached hydrogen (secondary N) is 1. The summed E-state index contributed by atoms with van der Waals surface area (Å²) in [6, 6.07) is 13.3. The lowest BCUT2D eigenvalue weighted by molar-refractivity contribution is 0.00578. The van der Waals surface area contributed by atoms with Gasteiger partial charge in [0, 0.05) is 6.42 Å². The molecule has 0 aliphatic carbocycles. The van der Waals surface area contributed by atoms with E-state index >= 15 is 0 Å². The molecule has 2 heterocycles. The van der Waals surface area contributed by atoms with Gasteiger partial charge in [-0.25, -0.2) is 4.98 Å². The van der Waals surface area contributed by atoms with Crippen molar-refractivity contribution in [1.29, 1.82) is 0 Å². The van der Waals surface area contributed by atoms with Gasteiger partial charge in [0.25, 0.3) is 5.56 Å². The zero-order valence-electron chi connectivity index (χ0n) is 17.4. The zero-order chi connectivity index (χ0) is 20.8. The molecular formula is C22H25BN2O4. The highest BCUT2D eigenvalue weighted by Crippen LogP contribution is 2.36. The van der Waals surface area contributed by atoms with E-state index in [-0.39, 0.29) is 23.9 Å². The fourth-order valence-electron chi connectivity index (χ4n) is 3.34. The number of nitrogens with zero attached hydrogens (tertiary/aromatic N) is 1. The van der Waals surface area contributed by atoms with Crippen LogP contribution in [0.4, 0.5) is 0 Å². The number of hydrogen-bond donors (Lipinski definition) is 1.